The predicted octanol–water partition coefficient (Wildman–Crippen LogP) is 6.23. The van der Waals surface area contributed by atoms with E-state index in [0.717, 1.165) is 22.9 Å². The van der Waals surface area contributed by atoms with Gasteiger partial charge in [0.15, 0.2) is 17.3 Å². The second kappa shape index (κ2) is 12.3. The Morgan fingerprint density at radius 1 is 1.11 bits per heavy atom. The van der Waals surface area contributed by atoms with E-state index in [1.807, 2.05) is 6.92 Å². The zero-order valence-corrected chi connectivity index (χ0v) is 21.5. The molecule has 0 unspecified atom stereocenters. The van der Waals surface area contributed by atoms with Crippen LogP contribution in [0.4, 0.5) is 5.69 Å². The molecule has 2 N–H and O–H groups in total. The third-order valence-electron chi connectivity index (χ3n) is 5.10. The van der Waals surface area contributed by atoms with Crippen molar-refractivity contribution >= 4 is 41.1 Å². The first-order chi connectivity index (χ1) is 18.3. The predicted molar refractivity (Wildman–Crippen MR) is 143 cm³/mol. The minimum Gasteiger partial charge on any atom is -0.490 e. The molecule has 0 aliphatic carbocycles. The number of H-pyrrole nitrogens is 1. The summed E-state index contributed by atoms with van der Waals surface area (Å²) in [6.45, 7) is 2.36. The first-order valence-electron chi connectivity index (χ1n) is 11.3. The summed E-state index contributed by atoms with van der Waals surface area (Å²) in [6, 6.07) is 18.1. The van der Waals surface area contributed by atoms with Crippen molar-refractivity contribution in [1.82, 2.24) is 15.2 Å². The Morgan fingerprint density at radius 2 is 1.84 bits per heavy atom. The van der Waals surface area contributed by atoms with Crippen LogP contribution < -0.4 is 9.47 Å². The maximum Gasteiger partial charge on any atom is 0.342 e. The summed E-state index contributed by atoms with van der Waals surface area (Å²) in [7, 11) is 0. The molecule has 0 radical (unpaired) electrons. The van der Waals surface area contributed by atoms with Crippen molar-refractivity contribution in [2.24, 2.45) is 0 Å². The number of thioether (sulfide) groups is 1. The van der Waals surface area contributed by atoms with Gasteiger partial charge in [0, 0.05) is 22.7 Å². The molecule has 1 aromatic heterocycles. The number of aromatic amines is 1. The number of carboxylic acids is 1. The van der Waals surface area contributed by atoms with Gasteiger partial charge in [0.25, 0.3) is 5.69 Å². The van der Waals surface area contributed by atoms with Crippen LogP contribution in [-0.2, 0) is 11.4 Å². The number of hydrogen-bond donors (Lipinski definition) is 2. The maximum atomic E-state index is 12.0. The fourth-order valence-electron chi connectivity index (χ4n) is 3.29. The maximum absolute atomic E-state index is 12.0. The Morgan fingerprint density at radius 3 is 2.50 bits per heavy atom. The van der Waals surface area contributed by atoms with Crippen molar-refractivity contribution in [3.63, 3.8) is 0 Å². The minimum atomic E-state index is -1.13. The number of ether oxygens (including phenoxy) is 2. The van der Waals surface area contributed by atoms with Crippen LogP contribution in [-0.4, -0.2) is 37.8 Å². The monoisotopic (exact) mass is 552 g/mol. The lowest BCUT2D eigenvalue weighted by molar-refractivity contribution is -0.384. The van der Waals surface area contributed by atoms with Crippen molar-refractivity contribution in [3.05, 3.63) is 97.9 Å². The molecule has 12 heteroatoms. The van der Waals surface area contributed by atoms with Crippen molar-refractivity contribution in [2.75, 3.05) is 6.61 Å². The van der Waals surface area contributed by atoms with Gasteiger partial charge in [0.05, 0.1) is 11.5 Å². The van der Waals surface area contributed by atoms with Crippen LogP contribution in [0.5, 0.6) is 11.5 Å². The molecule has 4 aromatic rings. The van der Waals surface area contributed by atoms with Crippen LogP contribution in [0.1, 0.15) is 18.1 Å². The highest BCUT2D eigenvalue weighted by atomic mass is 35.5. The Hall–Kier alpha value is -4.35. The highest BCUT2D eigenvalue weighted by Gasteiger charge is 2.16. The van der Waals surface area contributed by atoms with Gasteiger partial charge in [-0.3, -0.25) is 15.2 Å². The van der Waals surface area contributed by atoms with E-state index >= 15 is 0 Å². The molecule has 0 fully saturated rings. The number of hydrogen-bond acceptors (Lipinski definition) is 8. The minimum absolute atomic E-state index is 0.00163. The Bertz CT molecular complexity index is 1470. The second-order valence-electron chi connectivity index (χ2n) is 7.74. The molecule has 0 atom stereocenters. The van der Waals surface area contributed by atoms with Crippen LogP contribution in [0.25, 0.3) is 17.5 Å². The van der Waals surface area contributed by atoms with Gasteiger partial charge in [-0.1, -0.05) is 17.7 Å². The molecule has 38 heavy (non-hydrogen) atoms. The fraction of sp³-hybridized carbons (Fsp3) is 0.115. The van der Waals surface area contributed by atoms with Crippen molar-refractivity contribution < 1.29 is 24.3 Å². The van der Waals surface area contributed by atoms with E-state index in [9.17, 15) is 20.0 Å². The molecule has 0 aliphatic heterocycles. The number of aliphatic carboxylic acids is 1. The van der Waals surface area contributed by atoms with Gasteiger partial charge in [0.2, 0.25) is 5.16 Å². The normalized spacial score (nSPS) is 11.3. The van der Waals surface area contributed by atoms with E-state index in [4.69, 9.17) is 21.1 Å². The molecule has 0 saturated carbocycles. The van der Waals surface area contributed by atoms with Gasteiger partial charge in [-0.05, 0) is 84.4 Å². The van der Waals surface area contributed by atoms with Gasteiger partial charge >= 0.3 is 5.97 Å². The Balaban J connectivity index is 1.50. The van der Waals surface area contributed by atoms with Crippen LogP contribution in [0, 0.1) is 10.1 Å². The number of nitro groups is 1. The first-order valence-corrected chi connectivity index (χ1v) is 12.5. The third kappa shape index (κ3) is 6.90. The van der Waals surface area contributed by atoms with E-state index in [-0.39, 0.29) is 22.4 Å². The quantitative estimate of drug-likeness (QED) is 0.0958. The van der Waals surface area contributed by atoms with E-state index in [1.165, 1.54) is 18.2 Å². The fourth-order valence-corrected chi connectivity index (χ4v) is 4.12. The van der Waals surface area contributed by atoms with Gasteiger partial charge in [-0.15, -0.1) is 5.10 Å². The topological polar surface area (TPSA) is 140 Å². The van der Waals surface area contributed by atoms with Crippen molar-refractivity contribution in [2.45, 2.75) is 18.7 Å². The number of halogens is 1. The smallest absolute Gasteiger partial charge is 0.342 e. The molecule has 0 amide bonds. The molecule has 4 rings (SSSR count). The standard InChI is InChI=1S/C26H21ClN4O6S/c1-2-36-22-13-17(5-12-21(22)37-15-16-3-10-20(11-4-16)31(34)35)14-23(25(32)33)38-26-28-24(29-30-26)18-6-8-19(27)9-7-18/h3-14H,2,15H2,1H3,(H,32,33)(H,28,29,30)/b23-14-. The summed E-state index contributed by atoms with van der Waals surface area (Å²) >= 11 is 6.83. The number of carbonyl (C=O) groups is 1. The van der Waals surface area contributed by atoms with Gasteiger partial charge in [-0.2, -0.15) is 0 Å². The van der Waals surface area contributed by atoms with Gasteiger partial charge in [-0.25, -0.2) is 9.78 Å². The molecule has 0 bridgehead atoms. The number of carboxylic acid groups (broad SMARTS) is 1. The largest absolute Gasteiger partial charge is 0.490 e. The van der Waals surface area contributed by atoms with E-state index in [1.54, 1.807) is 54.6 Å². The zero-order valence-electron chi connectivity index (χ0n) is 20.0. The van der Waals surface area contributed by atoms with Crippen LogP contribution >= 0.6 is 23.4 Å². The number of nitrogens with zero attached hydrogens (tertiary/aromatic N) is 3. The van der Waals surface area contributed by atoms with Crippen molar-refractivity contribution in [3.8, 4) is 22.9 Å². The summed E-state index contributed by atoms with van der Waals surface area (Å²) in [5.74, 6) is 0.237. The van der Waals surface area contributed by atoms with E-state index in [2.05, 4.69) is 15.2 Å². The number of aromatic nitrogens is 3. The Kier molecular flexibility index (Phi) is 8.62. The number of rotatable bonds is 11. The number of nitrogens with one attached hydrogen (secondary N) is 1. The number of benzene rings is 3. The zero-order chi connectivity index (χ0) is 27.1. The summed E-state index contributed by atoms with van der Waals surface area (Å²) < 4.78 is 11.6. The molecular formula is C26H21ClN4O6S. The summed E-state index contributed by atoms with van der Waals surface area (Å²) in [4.78, 5) is 26.7. The van der Waals surface area contributed by atoms with Gasteiger partial charge < -0.3 is 14.6 Å². The lowest BCUT2D eigenvalue weighted by Crippen LogP contribution is -2.01. The average Bonchev–Trinajstić information content (AvgIpc) is 3.37. The van der Waals surface area contributed by atoms with E-state index < -0.39 is 10.9 Å². The molecule has 0 aliphatic rings. The molecule has 194 valence electrons. The highest BCUT2D eigenvalue weighted by Crippen LogP contribution is 2.33. The second-order valence-corrected chi connectivity index (χ2v) is 9.19. The molecular weight excluding hydrogens is 532 g/mol. The summed E-state index contributed by atoms with van der Waals surface area (Å²) in [5, 5.41) is 28.4. The first kappa shape index (κ1) is 26.7. The number of nitro benzene ring substituents is 1. The number of non-ortho nitro benzene ring substituents is 1. The molecule has 0 saturated heterocycles. The molecule has 3 aromatic carbocycles. The Labute approximate surface area is 226 Å². The van der Waals surface area contributed by atoms with Crippen LogP contribution in [0.15, 0.2) is 76.8 Å². The summed E-state index contributed by atoms with van der Waals surface area (Å²) in [5.41, 5.74) is 2.09. The van der Waals surface area contributed by atoms with Gasteiger partial charge in [0.1, 0.15) is 11.5 Å². The third-order valence-corrected chi connectivity index (χ3v) is 6.23. The van der Waals surface area contributed by atoms with Crippen molar-refractivity contribution in [1.29, 1.82) is 0 Å². The molecule has 1 heterocycles. The van der Waals surface area contributed by atoms with Crippen LogP contribution in [0.3, 0.4) is 0 Å². The highest BCUT2D eigenvalue weighted by molar-refractivity contribution is 8.04. The lowest BCUT2D eigenvalue weighted by atomic mass is 10.2. The van der Waals surface area contributed by atoms with E-state index in [0.29, 0.717) is 34.5 Å². The van der Waals surface area contributed by atoms with Crippen LogP contribution in [0.2, 0.25) is 5.02 Å². The average molecular weight is 553 g/mol. The SMILES string of the molecule is CCOc1cc(/C=C(\Sc2n[nH]c(-c3ccc(Cl)cc3)n2)C(=O)O)ccc1OCc1ccc([N+](=O)[O-])cc1. The summed E-state index contributed by atoms with van der Waals surface area (Å²) in [6.07, 6.45) is 1.49. The molecule has 0 spiro atoms. The lowest BCUT2D eigenvalue weighted by Gasteiger charge is -2.13. The molecule has 10 nitrogen and oxygen atoms in total.